The number of nitriles is 1. The lowest BCUT2D eigenvalue weighted by atomic mass is 10.0. The van der Waals surface area contributed by atoms with E-state index in [-0.39, 0.29) is 43.3 Å². The number of thioether (sulfide) groups is 1. The molecule has 0 bridgehead atoms. The van der Waals surface area contributed by atoms with E-state index in [0.717, 1.165) is 30.0 Å². The summed E-state index contributed by atoms with van der Waals surface area (Å²) in [6.07, 6.45) is -4.75. The van der Waals surface area contributed by atoms with Crippen LogP contribution in [0, 0.1) is 11.3 Å². The maximum absolute atomic E-state index is 13.5. The van der Waals surface area contributed by atoms with Crippen LogP contribution in [0.5, 0.6) is 0 Å². The molecule has 1 fully saturated rings. The van der Waals surface area contributed by atoms with Crippen LogP contribution in [0.1, 0.15) is 11.1 Å². The van der Waals surface area contributed by atoms with Crippen molar-refractivity contribution in [1.82, 2.24) is 0 Å². The Hall–Kier alpha value is -3.16. The minimum absolute atomic E-state index is 0.0364. The molecule has 4 rings (SSSR count). The first-order valence-corrected chi connectivity index (χ1v) is 12.8. The van der Waals surface area contributed by atoms with Gasteiger partial charge < -0.3 is 5.32 Å². The van der Waals surface area contributed by atoms with E-state index >= 15 is 0 Å². The monoisotopic (exact) mass is 595 g/mol. The average Bonchev–Trinajstić information content (AvgIpc) is 3.18. The van der Waals surface area contributed by atoms with Gasteiger partial charge in [-0.05, 0) is 60.5 Å². The molecule has 194 valence electrons. The van der Waals surface area contributed by atoms with Crippen LogP contribution in [0.3, 0.4) is 0 Å². The Balaban J connectivity index is 1.73. The summed E-state index contributed by atoms with van der Waals surface area (Å²) in [7, 11) is 0. The summed E-state index contributed by atoms with van der Waals surface area (Å²) in [4.78, 5) is 27.9. The van der Waals surface area contributed by atoms with E-state index in [9.17, 15) is 28.0 Å². The molecule has 0 saturated carbocycles. The van der Waals surface area contributed by atoms with Crippen LogP contribution in [0.15, 0.2) is 77.3 Å². The second-order valence-corrected chi connectivity index (χ2v) is 10.4. The number of amides is 2. The molecule has 2 amide bonds. The van der Waals surface area contributed by atoms with Crippen molar-refractivity contribution >= 4 is 69.8 Å². The molecule has 0 aromatic heterocycles. The largest absolute Gasteiger partial charge is 0.416 e. The summed E-state index contributed by atoms with van der Waals surface area (Å²) in [5.74, 6) is -1.32. The van der Waals surface area contributed by atoms with Crippen molar-refractivity contribution in [3.8, 4) is 6.07 Å². The molecule has 1 N–H and O–H groups in total. The first kappa shape index (κ1) is 27.9. The molecule has 1 saturated heterocycles. The van der Waals surface area contributed by atoms with Crippen molar-refractivity contribution in [2.24, 2.45) is 0 Å². The lowest BCUT2D eigenvalue weighted by molar-refractivity contribution is -0.137. The van der Waals surface area contributed by atoms with Crippen molar-refractivity contribution in [2.75, 3.05) is 10.2 Å². The summed E-state index contributed by atoms with van der Waals surface area (Å²) >= 11 is 19.0. The number of benzene rings is 3. The minimum Gasteiger partial charge on any atom is -0.321 e. The summed E-state index contributed by atoms with van der Waals surface area (Å²) < 4.78 is 39.8. The van der Waals surface area contributed by atoms with Gasteiger partial charge in [0.05, 0.1) is 20.9 Å². The van der Waals surface area contributed by atoms with E-state index in [1.165, 1.54) is 23.1 Å². The molecule has 38 heavy (non-hydrogen) atoms. The summed E-state index contributed by atoms with van der Waals surface area (Å²) in [5, 5.41) is 12.1. The van der Waals surface area contributed by atoms with Crippen LogP contribution in [0.4, 0.5) is 24.5 Å². The van der Waals surface area contributed by atoms with E-state index in [2.05, 4.69) is 5.32 Å². The molecule has 3 aromatic carbocycles. The van der Waals surface area contributed by atoms with Gasteiger partial charge >= 0.3 is 6.18 Å². The van der Waals surface area contributed by atoms with E-state index in [1.807, 2.05) is 6.07 Å². The Labute approximate surface area is 234 Å². The molecule has 5 nitrogen and oxygen atoms in total. The topological polar surface area (TPSA) is 73.2 Å². The third-order valence-corrected chi connectivity index (χ3v) is 7.85. The molecule has 0 unspecified atom stereocenters. The Morgan fingerprint density at radius 2 is 1.68 bits per heavy atom. The molecule has 0 spiro atoms. The molecule has 1 atom stereocenters. The fourth-order valence-electron chi connectivity index (χ4n) is 3.67. The number of halogens is 6. The Morgan fingerprint density at radius 3 is 2.32 bits per heavy atom. The SMILES string of the molecule is N#C/C(C(=O)Nc1ccc(Cl)c(Cl)c1)=C1/S[C@@H](Cc2cc(C(F)(F)F)ccc2Cl)C(=O)N1c1ccccc1. The minimum atomic E-state index is -4.59. The predicted octanol–water partition coefficient (Wildman–Crippen LogP) is 7.73. The maximum Gasteiger partial charge on any atom is 0.416 e. The van der Waals surface area contributed by atoms with Crippen LogP contribution in [-0.4, -0.2) is 17.1 Å². The van der Waals surface area contributed by atoms with Gasteiger partial charge in [-0.1, -0.05) is 64.8 Å². The first-order chi connectivity index (χ1) is 18.0. The molecule has 1 aliphatic heterocycles. The number of rotatable bonds is 5. The van der Waals surface area contributed by atoms with Crippen LogP contribution >= 0.6 is 46.6 Å². The second kappa shape index (κ2) is 11.3. The summed E-state index contributed by atoms with van der Waals surface area (Å²) in [5.41, 5.74) is -0.503. The fourth-order valence-corrected chi connectivity index (χ4v) is 5.46. The predicted molar refractivity (Wildman–Crippen MR) is 143 cm³/mol. The van der Waals surface area contributed by atoms with Gasteiger partial charge in [0.1, 0.15) is 16.7 Å². The van der Waals surface area contributed by atoms with Crippen molar-refractivity contribution < 1.29 is 22.8 Å². The third-order valence-electron chi connectivity index (χ3n) is 5.48. The van der Waals surface area contributed by atoms with Crippen molar-refractivity contribution in [1.29, 1.82) is 5.26 Å². The van der Waals surface area contributed by atoms with Crippen LogP contribution in [-0.2, 0) is 22.2 Å². The third kappa shape index (κ3) is 5.94. The zero-order valence-electron chi connectivity index (χ0n) is 19.0. The molecule has 1 aliphatic rings. The molecular formula is C26H15Cl3F3N3O2S. The molecule has 0 aliphatic carbocycles. The van der Waals surface area contributed by atoms with Crippen molar-refractivity contribution in [2.45, 2.75) is 17.8 Å². The summed E-state index contributed by atoms with van der Waals surface area (Å²) in [6, 6.07) is 17.4. The molecule has 12 heteroatoms. The number of nitrogens with zero attached hydrogens (tertiary/aromatic N) is 2. The molecule has 0 radical (unpaired) electrons. The number of hydrogen-bond acceptors (Lipinski definition) is 4. The van der Waals surface area contributed by atoms with Crippen LogP contribution in [0.25, 0.3) is 0 Å². The van der Waals surface area contributed by atoms with Gasteiger partial charge in [0.2, 0.25) is 5.91 Å². The number of carbonyl (C=O) groups excluding carboxylic acids is 2. The highest BCUT2D eigenvalue weighted by molar-refractivity contribution is 8.05. The quantitative estimate of drug-likeness (QED) is 0.242. The number of para-hydroxylation sites is 1. The van der Waals surface area contributed by atoms with E-state index in [0.29, 0.717) is 5.69 Å². The van der Waals surface area contributed by atoms with E-state index in [1.54, 1.807) is 30.3 Å². The smallest absolute Gasteiger partial charge is 0.321 e. The number of nitrogens with one attached hydrogen (secondary N) is 1. The normalized spacial score (nSPS) is 16.8. The standard InChI is InChI=1S/C26H15Cl3F3N3O2S/c27-19-8-6-15(26(30,31)32)10-14(19)11-22-24(37)35(17-4-2-1-3-5-17)25(38-22)18(13-33)23(36)34-16-7-9-20(28)21(29)12-16/h1-10,12,22H,11H2,(H,34,36)/b25-18-/t22-/m0/s1. The Bertz CT molecular complexity index is 1490. The van der Waals surface area contributed by atoms with Gasteiger partial charge in [0.25, 0.3) is 5.91 Å². The van der Waals surface area contributed by atoms with Crippen molar-refractivity contribution in [3.63, 3.8) is 0 Å². The highest BCUT2D eigenvalue weighted by atomic mass is 35.5. The number of anilines is 2. The summed E-state index contributed by atoms with van der Waals surface area (Å²) in [6.45, 7) is 0. The Kier molecular flexibility index (Phi) is 8.28. The van der Waals surface area contributed by atoms with Crippen LogP contribution in [0.2, 0.25) is 15.1 Å². The highest BCUT2D eigenvalue weighted by Crippen LogP contribution is 2.43. The van der Waals surface area contributed by atoms with E-state index < -0.39 is 28.8 Å². The number of hydrogen-bond donors (Lipinski definition) is 1. The zero-order valence-corrected chi connectivity index (χ0v) is 22.1. The average molecular weight is 597 g/mol. The van der Waals surface area contributed by atoms with Crippen molar-refractivity contribution in [3.05, 3.63) is 104 Å². The van der Waals surface area contributed by atoms with Gasteiger partial charge in [-0.2, -0.15) is 18.4 Å². The lowest BCUT2D eigenvalue weighted by Gasteiger charge is -2.18. The second-order valence-electron chi connectivity index (χ2n) is 8.00. The van der Waals surface area contributed by atoms with Crippen LogP contribution < -0.4 is 10.2 Å². The van der Waals surface area contributed by atoms with Gasteiger partial charge in [-0.15, -0.1) is 0 Å². The molecule has 3 aromatic rings. The van der Waals surface area contributed by atoms with Gasteiger partial charge in [0.15, 0.2) is 0 Å². The van der Waals surface area contributed by atoms with Gasteiger partial charge in [-0.3, -0.25) is 14.5 Å². The molecular weight excluding hydrogens is 582 g/mol. The number of carbonyl (C=O) groups is 2. The molecule has 1 heterocycles. The lowest BCUT2D eigenvalue weighted by Crippen LogP contribution is -2.31. The Morgan fingerprint density at radius 1 is 1.00 bits per heavy atom. The maximum atomic E-state index is 13.5. The van der Waals surface area contributed by atoms with Gasteiger partial charge in [0, 0.05) is 16.4 Å². The van der Waals surface area contributed by atoms with Gasteiger partial charge in [-0.25, -0.2) is 0 Å². The zero-order chi connectivity index (χ0) is 27.6. The number of alkyl halides is 3. The first-order valence-electron chi connectivity index (χ1n) is 10.8. The van der Waals surface area contributed by atoms with E-state index in [4.69, 9.17) is 34.8 Å². The fraction of sp³-hybridized carbons (Fsp3) is 0.115. The highest BCUT2D eigenvalue weighted by Gasteiger charge is 2.41.